The molecule has 0 atom stereocenters. The fourth-order valence-corrected chi connectivity index (χ4v) is 5.35. The van der Waals surface area contributed by atoms with Crippen molar-refractivity contribution < 1.29 is 51.0 Å². The minimum absolute atomic E-state index is 0.267. The summed E-state index contributed by atoms with van der Waals surface area (Å²) in [5.41, 5.74) is -12.0. The molecule has 5 heteroatoms. The highest BCUT2D eigenvalue weighted by atomic mass is 16.3. The molecule has 0 saturated heterocycles. The Labute approximate surface area is 372 Å². The minimum Gasteiger partial charge on any atom is -0.456 e. The maximum atomic E-state index is 10.4. The molecule has 10 rings (SSSR count). The van der Waals surface area contributed by atoms with Crippen LogP contribution in [0.2, 0.25) is 0 Å². The van der Waals surface area contributed by atoms with Crippen LogP contribution in [0.15, 0.2) is 210 Å². The van der Waals surface area contributed by atoms with Gasteiger partial charge in [0.25, 0.3) is 0 Å². The Morgan fingerprint density at radius 3 is 1.27 bits per heavy atom. The van der Waals surface area contributed by atoms with E-state index in [0.717, 1.165) is 0 Å². The van der Waals surface area contributed by atoms with Crippen LogP contribution in [0.4, 0.5) is 17.1 Å². The van der Waals surface area contributed by atoms with Gasteiger partial charge in [0, 0.05) is 44.9 Å². The second-order valence-electron chi connectivity index (χ2n) is 11.1. The van der Waals surface area contributed by atoms with Gasteiger partial charge < -0.3 is 9.32 Å². The minimum atomic E-state index is -1.36. The van der Waals surface area contributed by atoms with Gasteiger partial charge >= 0.3 is 0 Å². The average Bonchev–Trinajstić information content (AvgIpc) is 1.32. The molecule has 0 bridgehead atoms. The maximum absolute atomic E-state index is 10.4. The van der Waals surface area contributed by atoms with Crippen molar-refractivity contribution in [2.24, 2.45) is 0 Å². The Morgan fingerprint density at radius 1 is 0.357 bits per heavy atom. The van der Waals surface area contributed by atoms with E-state index in [9.17, 15) is 15.1 Å². The molecule has 264 valence electrons. The van der Waals surface area contributed by atoms with Crippen LogP contribution in [0.25, 0.3) is 78.4 Å². The van der Waals surface area contributed by atoms with Gasteiger partial charge in [-0.25, -0.2) is 15.0 Å². The molecule has 0 unspecified atom stereocenters. The van der Waals surface area contributed by atoms with Crippen molar-refractivity contribution in [2.75, 3.05) is 4.90 Å². The lowest BCUT2D eigenvalue weighted by atomic mass is 10.0. The lowest BCUT2D eigenvalue weighted by Crippen LogP contribution is -2.10. The van der Waals surface area contributed by atoms with Crippen LogP contribution in [-0.4, -0.2) is 15.0 Å². The zero-order chi connectivity index (χ0) is 66.9. The number of nitrogens with zero attached hydrogens (tertiary/aromatic N) is 4. The lowest BCUT2D eigenvalue weighted by Gasteiger charge is -2.26. The summed E-state index contributed by atoms with van der Waals surface area (Å²) in [7, 11) is 0. The summed E-state index contributed by atoms with van der Waals surface area (Å²) in [6.07, 6.45) is 0. The largest absolute Gasteiger partial charge is 0.456 e. The number of rotatable bonds is 8. The van der Waals surface area contributed by atoms with Gasteiger partial charge in [-0.15, -0.1) is 0 Å². The van der Waals surface area contributed by atoms with Crippen molar-refractivity contribution in [2.45, 2.75) is 0 Å². The number of hydrogen-bond acceptors (Lipinski definition) is 5. The molecular weight excluding hydrogens is 685 g/mol. The van der Waals surface area contributed by atoms with E-state index in [2.05, 4.69) is 15.0 Å². The molecule has 2 heterocycles. The summed E-state index contributed by atoms with van der Waals surface area (Å²) in [5, 5.41) is -1.45. The first-order valence-electron chi connectivity index (χ1n) is 32.9. The van der Waals surface area contributed by atoms with Crippen molar-refractivity contribution in [3.05, 3.63) is 205 Å². The van der Waals surface area contributed by atoms with Crippen molar-refractivity contribution in [1.82, 2.24) is 15.0 Å². The number of fused-ring (bicyclic) bond motifs is 3. The van der Waals surface area contributed by atoms with Gasteiger partial charge in [-0.05, 0) is 58.5 Å². The molecule has 0 aliphatic heterocycles. The predicted octanol–water partition coefficient (Wildman–Crippen LogP) is 13.6. The Balaban J connectivity index is 1.48. The molecule has 56 heavy (non-hydrogen) atoms. The smallest absolute Gasteiger partial charge is 0.164 e. The first-order valence-corrected chi connectivity index (χ1v) is 15.9. The molecule has 0 amide bonds. The summed E-state index contributed by atoms with van der Waals surface area (Å²) < 4.78 is 310. The van der Waals surface area contributed by atoms with Crippen molar-refractivity contribution in [3.63, 3.8) is 0 Å². The quantitative estimate of drug-likeness (QED) is 0.155. The third-order valence-electron chi connectivity index (χ3n) is 7.76. The molecule has 0 radical (unpaired) electrons. The van der Waals surface area contributed by atoms with Crippen LogP contribution in [0.5, 0.6) is 0 Å². The molecule has 10 aromatic rings. The topological polar surface area (TPSA) is 55.1 Å². The first-order chi connectivity index (χ1) is 41.9. The predicted molar refractivity (Wildman–Crippen MR) is 229 cm³/mol. The van der Waals surface area contributed by atoms with E-state index in [1.807, 2.05) is 0 Å². The molecule has 0 fully saturated rings. The third kappa shape index (κ3) is 6.27. The second kappa shape index (κ2) is 14.3. The Kier molecular flexibility index (Phi) is 3.32. The molecule has 8 aromatic carbocycles. The van der Waals surface area contributed by atoms with Crippen LogP contribution in [0, 0.1) is 0 Å². The zero-order valence-corrected chi connectivity index (χ0v) is 27.7. The highest BCUT2D eigenvalue weighted by molar-refractivity contribution is 6.13. The molecule has 0 spiro atoms. The summed E-state index contributed by atoms with van der Waals surface area (Å²) in [4.78, 5) is 13.3. The first kappa shape index (κ1) is 13.0. The highest BCUT2D eigenvalue weighted by Crippen LogP contribution is 2.44. The van der Waals surface area contributed by atoms with E-state index >= 15 is 0 Å². The number of hydrogen-bond donors (Lipinski definition) is 0. The Bertz CT molecular complexity index is 4570. The molecule has 2 aromatic heterocycles. The van der Waals surface area contributed by atoms with Crippen LogP contribution in [0.1, 0.15) is 46.6 Å². The number of furan rings is 1. The number of aromatic nitrogens is 3. The van der Waals surface area contributed by atoms with Crippen LogP contribution in [-0.2, 0) is 0 Å². The van der Waals surface area contributed by atoms with E-state index in [-0.39, 0.29) is 4.90 Å². The summed E-state index contributed by atoms with van der Waals surface area (Å²) in [5.74, 6) is -3.05. The monoisotopic (exact) mass is 752 g/mol. The standard InChI is InChI=1S/C51H34N4O/c1-5-15-35(16-6-1)37-25-29-41(30-26-37)55(42-31-27-38(28-32-42)36-17-7-2-8-18-36)43-33-45(48-44-23-13-14-24-46(44)56-47(48)34-43)51-53-49(39-19-9-3-10-20-39)52-50(54-51)40-21-11-4-12-22-40/h1-34H/i1D,2D,3D,4D,5D,6D,7D,8D,9D,10D,11D,12D,13D,14D,15D,16D,17D,18D,19D,20D,21D,22D,23D,24D,25D,26D,27D,28D,29D,30D,31D,32D,33D,34D. The molecule has 5 nitrogen and oxygen atoms in total. The van der Waals surface area contributed by atoms with Crippen LogP contribution < -0.4 is 4.90 Å². The fraction of sp³-hybridized carbons (Fsp3) is 0. The van der Waals surface area contributed by atoms with Crippen molar-refractivity contribution in [1.29, 1.82) is 0 Å². The Morgan fingerprint density at radius 2 is 0.768 bits per heavy atom. The van der Waals surface area contributed by atoms with Gasteiger partial charge in [0.05, 0.1) is 52.3 Å². The summed E-state index contributed by atoms with van der Waals surface area (Å²) in [6, 6.07) is -36.9. The SMILES string of the molecule is [2H]c1c([2H])c([2H])c(-c2nc(-c3c([2H])c([2H])c([2H])c([2H])c3[2H])nc(-c3c([2H])c(N(c4c([2H])c([2H])c(-c5c([2H])c([2H])c([2H])c([2H])c5[2H])c([2H])c4[2H])c4c([2H])c([2H])c(-c5c([2H])c([2H])c([2H])c([2H])c5[2H])c([2H])c4[2H])c([2H])c4oc5c([2H])c([2H])c([2H])c([2H])c5c34)n2)c([2H])c1[2H]. The van der Waals surface area contributed by atoms with E-state index in [1.54, 1.807) is 0 Å². The van der Waals surface area contributed by atoms with Gasteiger partial charge in [-0.3, -0.25) is 0 Å². The van der Waals surface area contributed by atoms with E-state index in [1.165, 1.54) is 0 Å². The number of para-hydroxylation sites is 1. The molecule has 0 aliphatic carbocycles. The van der Waals surface area contributed by atoms with E-state index in [4.69, 9.17) is 35.9 Å². The molecule has 0 aliphatic rings. The number of benzene rings is 8. The van der Waals surface area contributed by atoms with Gasteiger partial charge in [0.2, 0.25) is 0 Å². The van der Waals surface area contributed by atoms with Crippen molar-refractivity contribution in [3.8, 4) is 56.4 Å². The van der Waals surface area contributed by atoms with Crippen molar-refractivity contribution >= 4 is 39.0 Å². The summed E-state index contributed by atoms with van der Waals surface area (Å²) >= 11 is 0. The normalized spacial score (nSPS) is 19.7. The number of anilines is 3. The van der Waals surface area contributed by atoms with Gasteiger partial charge in [-0.2, -0.15) is 0 Å². The highest BCUT2D eigenvalue weighted by Gasteiger charge is 2.22. The van der Waals surface area contributed by atoms with Crippen LogP contribution >= 0.6 is 0 Å². The maximum Gasteiger partial charge on any atom is 0.164 e. The molecule has 0 saturated carbocycles. The fourth-order valence-electron chi connectivity index (χ4n) is 5.35. The third-order valence-corrected chi connectivity index (χ3v) is 7.76. The second-order valence-corrected chi connectivity index (χ2v) is 11.1. The van der Waals surface area contributed by atoms with E-state index < -0.39 is 301 Å². The van der Waals surface area contributed by atoms with Crippen LogP contribution in [0.3, 0.4) is 0 Å². The lowest BCUT2D eigenvalue weighted by molar-refractivity contribution is 0.669. The van der Waals surface area contributed by atoms with Gasteiger partial charge in [0.15, 0.2) is 17.5 Å². The molecular formula is C51H34N4O. The van der Waals surface area contributed by atoms with Gasteiger partial charge in [-0.1, -0.05) is 163 Å². The van der Waals surface area contributed by atoms with E-state index in [0.29, 0.717) is 0 Å². The molecule has 0 N–H and O–H groups in total. The zero-order valence-electron chi connectivity index (χ0n) is 61.7. The summed E-state index contributed by atoms with van der Waals surface area (Å²) in [6.45, 7) is 0. The Hall–Kier alpha value is -7.63. The van der Waals surface area contributed by atoms with Gasteiger partial charge in [0.1, 0.15) is 11.2 Å². The average molecular weight is 753 g/mol.